The highest BCUT2D eigenvalue weighted by Crippen LogP contribution is 2.16. The Hall–Kier alpha value is -0.950. The van der Waals surface area contributed by atoms with Gasteiger partial charge in [-0.1, -0.05) is 0 Å². The number of esters is 2. The van der Waals surface area contributed by atoms with Crippen LogP contribution in [0.4, 0.5) is 0 Å². The van der Waals surface area contributed by atoms with Crippen LogP contribution < -0.4 is 0 Å². The molecule has 68 valence electrons. The molecule has 0 atom stereocenters. The molecule has 0 spiro atoms. The topological polar surface area (TPSA) is 97.7 Å². The zero-order chi connectivity index (χ0) is 9.35. The van der Waals surface area contributed by atoms with E-state index in [4.69, 9.17) is 4.55 Å². The summed E-state index contributed by atoms with van der Waals surface area (Å²) in [6.07, 6.45) is -0.935. The lowest BCUT2D eigenvalue weighted by Gasteiger charge is -2.16. The minimum Gasteiger partial charge on any atom is -0.393 e. The van der Waals surface area contributed by atoms with E-state index in [1.807, 2.05) is 0 Å². The van der Waals surface area contributed by atoms with Crippen molar-refractivity contribution in [2.45, 2.75) is 18.1 Å². The van der Waals surface area contributed by atoms with Crippen molar-refractivity contribution in [3.05, 3.63) is 0 Å². The molecule has 1 N–H and O–H groups in total. The van der Waals surface area contributed by atoms with E-state index in [-0.39, 0.29) is 0 Å². The molecule has 0 aromatic heterocycles. The van der Waals surface area contributed by atoms with Gasteiger partial charge in [0.25, 0.3) is 10.1 Å². The Balaban J connectivity index is 2.82. The van der Waals surface area contributed by atoms with Crippen LogP contribution in [-0.4, -0.2) is 30.2 Å². The largest absolute Gasteiger partial charge is 0.393 e. The summed E-state index contributed by atoms with van der Waals surface area (Å²) in [7, 11) is -4.31. The van der Waals surface area contributed by atoms with Crippen molar-refractivity contribution in [1.82, 2.24) is 0 Å². The van der Waals surface area contributed by atoms with Gasteiger partial charge in [0, 0.05) is 0 Å². The molecule has 0 unspecified atom stereocenters. The highest BCUT2D eigenvalue weighted by molar-refractivity contribution is 7.86. The molecule has 1 heterocycles. The van der Waals surface area contributed by atoms with Crippen molar-refractivity contribution in [1.29, 1.82) is 0 Å². The Labute approximate surface area is 68.3 Å². The fourth-order valence-electron chi connectivity index (χ4n) is 0.865. The highest BCUT2D eigenvalue weighted by Gasteiger charge is 2.35. The predicted octanol–water partition coefficient (Wildman–Crippen LogP) is -0.894. The fraction of sp³-hybridized carbons (Fsp3) is 0.600. The maximum atomic E-state index is 10.5. The molecule has 0 aliphatic carbocycles. The van der Waals surface area contributed by atoms with E-state index in [1.54, 1.807) is 0 Å². The first kappa shape index (κ1) is 9.14. The zero-order valence-electron chi connectivity index (χ0n) is 5.89. The van der Waals surface area contributed by atoms with Crippen LogP contribution in [0.25, 0.3) is 0 Å². The number of cyclic esters (lactones) is 2. The molecule has 0 aromatic rings. The van der Waals surface area contributed by atoms with Crippen molar-refractivity contribution in [3.63, 3.8) is 0 Å². The number of hydrogen-bond acceptors (Lipinski definition) is 5. The number of rotatable bonds is 1. The van der Waals surface area contributed by atoms with Gasteiger partial charge in [0.15, 0.2) is 0 Å². The summed E-state index contributed by atoms with van der Waals surface area (Å²) in [6, 6.07) is 0. The number of carbonyl (C=O) groups is 2. The van der Waals surface area contributed by atoms with Crippen molar-refractivity contribution in [2.24, 2.45) is 0 Å². The molecule has 0 radical (unpaired) electrons. The predicted molar refractivity (Wildman–Crippen MR) is 35.7 cm³/mol. The molecule has 0 aromatic carbocycles. The van der Waals surface area contributed by atoms with E-state index in [1.165, 1.54) is 0 Å². The van der Waals surface area contributed by atoms with Crippen LogP contribution in [0.5, 0.6) is 0 Å². The SMILES string of the molecule is O=C1CC(S(=O)(=O)O)CC(=O)O1. The van der Waals surface area contributed by atoms with Crippen LogP contribution >= 0.6 is 0 Å². The molecule has 7 heteroatoms. The smallest absolute Gasteiger partial charge is 0.314 e. The first-order chi connectivity index (χ1) is 5.39. The Bertz CT molecular complexity index is 299. The van der Waals surface area contributed by atoms with Gasteiger partial charge in [-0.3, -0.25) is 14.1 Å². The van der Waals surface area contributed by atoms with E-state index in [2.05, 4.69) is 4.74 Å². The van der Waals surface area contributed by atoms with Crippen molar-refractivity contribution < 1.29 is 27.3 Å². The lowest BCUT2D eigenvalue weighted by Crippen LogP contribution is -2.34. The van der Waals surface area contributed by atoms with Crippen LogP contribution in [0.2, 0.25) is 0 Å². The highest BCUT2D eigenvalue weighted by atomic mass is 32.2. The summed E-state index contributed by atoms with van der Waals surface area (Å²) < 4.78 is 33.5. The molecule has 6 nitrogen and oxygen atoms in total. The van der Waals surface area contributed by atoms with Gasteiger partial charge in [-0.05, 0) is 0 Å². The first-order valence-corrected chi connectivity index (χ1v) is 4.59. The quantitative estimate of drug-likeness (QED) is 0.330. The molecule has 12 heavy (non-hydrogen) atoms. The zero-order valence-corrected chi connectivity index (χ0v) is 6.70. The maximum absolute atomic E-state index is 10.5. The van der Waals surface area contributed by atoms with Gasteiger partial charge in [0.05, 0.1) is 12.8 Å². The lowest BCUT2D eigenvalue weighted by molar-refractivity contribution is -0.162. The molecular weight excluding hydrogens is 188 g/mol. The molecule has 1 rings (SSSR count). The van der Waals surface area contributed by atoms with E-state index >= 15 is 0 Å². The van der Waals surface area contributed by atoms with Crippen LogP contribution in [0, 0.1) is 0 Å². The number of ether oxygens (including phenoxy) is 1. The third-order valence-electron chi connectivity index (χ3n) is 1.44. The van der Waals surface area contributed by atoms with Crippen LogP contribution in [0.1, 0.15) is 12.8 Å². The van der Waals surface area contributed by atoms with Gasteiger partial charge in [-0.25, -0.2) is 0 Å². The first-order valence-electron chi connectivity index (χ1n) is 3.09. The Kier molecular flexibility index (Phi) is 2.16. The van der Waals surface area contributed by atoms with E-state index in [9.17, 15) is 18.0 Å². The van der Waals surface area contributed by atoms with Gasteiger partial charge in [-0.15, -0.1) is 0 Å². The molecule has 1 fully saturated rings. The normalized spacial score (nSPS) is 20.8. The Morgan fingerprint density at radius 1 is 1.25 bits per heavy atom. The van der Waals surface area contributed by atoms with Gasteiger partial charge in [0.1, 0.15) is 5.25 Å². The Morgan fingerprint density at radius 2 is 1.67 bits per heavy atom. The van der Waals surface area contributed by atoms with E-state index in [0.717, 1.165) is 0 Å². The van der Waals surface area contributed by atoms with Crippen molar-refractivity contribution in [2.75, 3.05) is 0 Å². The third-order valence-corrected chi connectivity index (χ3v) is 2.61. The van der Waals surface area contributed by atoms with Gasteiger partial charge >= 0.3 is 11.9 Å². The van der Waals surface area contributed by atoms with Gasteiger partial charge < -0.3 is 4.74 Å². The maximum Gasteiger partial charge on any atom is 0.314 e. The van der Waals surface area contributed by atoms with Crippen LogP contribution in [0.15, 0.2) is 0 Å². The van der Waals surface area contributed by atoms with E-state index in [0.29, 0.717) is 0 Å². The molecule has 0 amide bonds. The van der Waals surface area contributed by atoms with Crippen molar-refractivity contribution in [3.8, 4) is 0 Å². The number of hydrogen-bond donors (Lipinski definition) is 1. The van der Waals surface area contributed by atoms with Gasteiger partial charge in [-0.2, -0.15) is 8.42 Å². The van der Waals surface area contributed by atoms with Crippen LogP contribution in [0.3, 0.4) is 0 Å². The Morgan fingerprint density at radius 3 is 2.00 bits per heavy atom. The average molecular weight is 194 g/mol. The minimum atomic E-state index is -4.31. The van der Waals surface area contributed by atoms with Crippen LogP contribution in [-0.2, 0) is 24.4 Å². The summed E-state index contributed by atoms with van der Waals surface area (Å²) in [5.74, 6) is -1.84. The third kappa shape index (κ3) is 2.02. The average Bonchev–Trinajstić information content (AvgIpc) is 1.82. The summed E-state index contributed by atoms with van der Waals surface area (Å²) >= 11 is 0. The monoisotopic (exact) mass is 194 g/mol. The lowest BCUT2D eigenvalue weighted by atomic mass is 10.2. The summed E-state index contributed by atoms with van der Waals surface area (Å²) in [5.41, 5.74) is 0. The standard InChI is InChI=1S/C5H6O6S/c6-4-1-3(12(8,9)10)2-5(7)11-4/h3H,1-2H2,(H,8,9,10). The second kappa shape index (κ2) is 2.83. The summed E-state index contributed by atoms with van der Waals surface area (Å²) in [4.78, 5) is 21.0. The molecule has 1 saturated heterocycles. The molecule has 0 saturated carbocycles. The second-order valence-corrected chi connectivity index (χ2v) is 4.09. The van der Waals surface area contributed by atoms with Gasteiger partial charge in [0.2, 0.25) is 0 Å². The van der Waals surface area contributed by atoms with E-state index < -0.39 is 40.1 Å². The summed E-state index contributed by atoms with van der Waals surface area (Å²) in [6.45, 7) is 0. The fourth-order valence-corrected chi connectivity index (χ4v) is 1.56. The molecule has 1 aliphatic rings. The summed E-state index contributed by atoms with van der Waals surface area (Å²) in [5, 5.41) is -1.34. The van der Waals surface area contributed by atoms with Crippen molar-refractivity contribution >= 4 is 22.1 Å². The molecule has 1 aliphatic heterocycles. The molecular formula is C5H6O6S. The molecule has 0 bridgehead atoms. The second-order valence-electron chi connectivity index (χ2n) is 2.39. The minimum absolute atomic E-state index is 0.468. The number of carbonyl (C=O) groups excluding carboxylic acids is 2.